The molecule has 0 aliphatic carbocycles. The molecule has 7 nitrogen and oxygen atoms in total. The minimum absolute atomic E-state index is 0.0519. The van der Waals surface area contributed by atoms with E-state index in [0.717, 1.165) is 0 Å². The Hall–Kier alpha value is -1.96. The Kier molecular flexibility index (Phi) is 3.28. The molecule has 0 aliphatic heterocycles. The number of hydrogen-bond acceptors (Lipinski definition) is 5. The third-order valence-corrected chi connectivity index (χ3v) is 2.98. The lowest BCUT2D eigenvalue weighted by Gasteiger charge is -2.06. The molecule has 2 rings (SSSR count). The molecule has 18 heavy (non-hydrogen) atoms. The summed E-state index contributed by atoms with van der Waals surface area (Å²) in [6.45, 7) is 1.89. The van der Waals surface area contributed by atoms with Crippen LogP contribution in [-0.4, -0.2) is 19.9 Å². The highest BCUT2D eigenvalue weighted by Gasteiger charge is 2.20. The topological polar surface area (TPSA) is 99.9 Å². The maximum atomic E-state index is 11.0. The summed E-state index contributed by atoms with van der Waals surface area (Å²) >= 11 is 3.20. The molecule has 0 aliphatic rings. The maximum absolute atomic E-state index is 11.0. The lowest BCUT2D eigenvalue weighted by Crippen LogP contribution is -2.06. The fourth-order valence-corrected chi connectivity index (χ4v) is 2.01. The van der Waals surface area contributed by atoms with Gasteiger partial charge in [-0.3, -0.25) is 10.1 Å². The average molecular weight is 312 g/mol. The summed E-state index contributed by atoms with van der Waals surface area (Å²) in [7, 11) is 0. The third-order valence-electron chi connectivity index (χ3n) is 2.49. The maximum Gasteiger partial charge on any atom is 0.296 e. The van der Waals surface area contributed by atoms with Gasteiger partial charge < -0.3 is 5.73 Å². The molecule has 2 aromatic rings. The summed E-state index contributed by atoms with van der Waals surface area (Å²) in [4.78, 5) is 10.6. The van der Waals surface area contributed by atoms with Crippen LogP contribution in [-0.2, 0) is 6.42 Å². The van der Waals surface area contributed by atoms with Crippen LogP contribution in [0.2, 0.25) is 0 Å². The number of aromatic nitrogens is 3. The van der Waals surface area contributed by atoms with E-state index in [4.69, 9.17) is 5.73 Å². The van der Waals surface area contributed by atoms with Crippen LogP contribution in [0.25, 0.3) is 5.69 Å². The van der Waals surface area contributed by atoms with Crippen molar-refractivity contribution >= 4 is 27.4 Å². The van der Waals surface area contributed by atoms with Gasteiger partial charge in [0, 0.05) is 10.5 Å². The van der Waals surface area contributed by atoms with Crippen LogP contribution in [0.3, 0.4) is 0 Å². The Balaban J connectivity index is 2.67. The highest BCUT2D eigenvalue weighted by Crippen LogP contribution is 2.28. The van der Waals surface area contributed by atoms with Crippen molar-refractivity contribution in [3.05, 3.63) is 38.5 Å². The number of anilines is 1. The predicted octanol–water partition coefficient (Wildman–Crippen LogP) is 2.08. The molecular weight excluding hydrogens is 302 g/mol. The number of nitro groups is 1. The number of nitrogen functional groups attached to an aromatic ring is 1. The quantitative estimate of drug-likeness (QED) is 0.691. The SMILES string of the molecule is CCc1c(N)nnn1-c1ccc(Br)cc1[N+](=O)[O-]. The van der Waals surface area contributed by atoms with Crippen LogP contribution in [0.15, 0.2) is 22.7 Å². The summed E-state index contributed by atoms with van der Waals surface area (Å²) in [5.74, 6) is 0.287. The van der Waals surface area contributed by atoms with Gasteiger partial charge in [-0.25, -0.2) is 4.68 Å². The Morgan fingerprint density at radius 3 is 2.89 bits per heavy atom. The van der Waals surface area contributed by atoms with E-state index < -0.39 is 4.92 Å². The van der Waals surface area contributed by atoms with E-state index in [9.17, 15) is 10.1 Å². The molecule has 94 valence electrons. The van der Waals surface area contributed by atoms with E-state index in [1.54, 1.807) is 12.1 Å². The van der Waals surface area contributed by atoms with Crippen molar-refractivity contribution in [2.24, 2.45) is 0 Å². The molecule has 0 radical (unpaired) electrons. The average Bonchev–Trinajstić information content (AvgIpc) is 2.70. The van der Waals surface area contributed by atoms with Crippen molar-refractivity contribution in [1.29, 1.82) is 0 Å². The van der Waals surface area contributed by atoms with Crippen molar-refractivity contribution < 1.29 is 4.92 Å². The molecular formula is C10H10BrN5O2. The molecule has 0 fully saturated rings. The van der Waals surface area contributed by atoms with Gasteiger partial charge >= 0.3 is 0 Å². The van der Waals surface area contributed by atoms with Crippen molar-refractivity contribution in [2.45, 2.75) is 13.3 Å². The van der Waals surface area contributed by atoms with E-state index in [0.29, 0.717) is 22.3 Å². The normalized spacial score (nSPS) is 10.6. The number of halogens is 1. The molecule has 2 N–H and O–H groups in total. The van der Waals surface area contributed by atoms with Crippen LogP contribution >= 0.6 is 15.9 Å². The predicted molar refractivity (Wildman–Crippen MR) is 69.5 cm³/mol. The van der Waals surface area contributed by atoms with Crippen LogP contribution < -0.4 is 5.73 Å². The fraction of sp³-hybridized carbons (Fsp3) is 0.200. The first-order valence-corrected chi connectivity index (χ1v) is 5.98. The Morgan fingerprint density at radius 2 is 2.28 bits per heavy atom. The van der Waals surface area contributed by atoms with Crippen molar-refractivity contribution in [2.75, 3.05) is 5.73 Å². The van der Waals surface area contributed by atoms with Gasteiger partial charge in [0.15, 0.2) is 5.82 Å². The third kappa shape index (κ3) is 2.06. The number of nitro benzene ring substituents is 1. The van der Waals surface area contributed by atoms with E-state index in [1.165, 1.54) is 10.7 Å². The Labute approximate surface area is 111 Å². The molecule has 0 saturated heterocycles. The van der Waals surface area contributed by atoms with Crippen LogP contribution in [0, 0.1) is 10.1 Å². The monoisotopic (exact) mass is 311 g/mol. The van der Waals surface area contributed by atoms with Crippen molar-refractivity contribution in [1.82, 2.24) is 15.0 Å². The summed E-state index contributed by atoms with van der Waals surface area (Å²) in [6.07, 6.45) is 0.589. The number of rotatable bonds is 3. The van der Waals surface area contributed by atoms with E-state index in [-0.39, 0.29) is 11.5 Å². The summed E-state index contributed by atoms with van der Waals surface area (Å²) < 4.78 is 2.03. The molecule has 0 saturated carbocycles. The highest BCUT2D eigenvalue weighted by molar-refractivity contribution is 9.10. The van der Waals surface area contributed by atoms with E-state index >= 15 is 0 Å². The van der Waals surface area contributed by atoms with Gasteiger partial charge in [0.2, 0.25) is 0 Å². The molecule has 0 spiro atoms. The van der Waals surface area contributed by atoms with Gasteiger partial charge in [-0.15, -0.1) is 5.10 Å². The second kappa shape index (κ2) is 4.73. The molecule has 0 bridgehead atoms. The zero-order valence-corrected chi connectivity index (χ0v) is 11.1. The van der Waals surface area contributed by atoms with Gasteiger partial charge in [-0.2, -0.15) is 0 Å². The number of nitrogens with two attached hydrogens (primary N) is 1. The van der Waals surface area contributed by atoms with Crippen molar-refractivity contribution in [3.8, 4) is 5.69 Å². The highest BCUT2D eigenvalue weighted by atomic mass is 79.9. The van der Waals surface area contributed by atoms with Crippen molar-refractivity contribution in [3.63, 3.8) is 0 Å². The van der Waals surface area contributed by atoms with E-state index in [1.807, 2.05) is 6.92 Å². The molecule has 1 heterocycles. The zero-order chi connectivity index (χ0) is 13.3. The standard InChI is InChI=1S/C10H10BrN5O2/c1-2-7-10(12)13-14-15(7)8-4-3-6(11)5-9(8)16(17)18/h3-5H,2,12H2,1H3. The van der Waals surface area contributed by atoms with Gasteiger partial charge in [-0.1, -0.05) is 28.1 Å². The van der Waals surface area contributed by atoms with Gasteiger partial charge in [0.25, 0.3) is 5.69 Å². The Morgan fingerprint density at radius 1 is 1.56 bits per heavy atom. The first-order valence-electron chi connectivity index (χ1n) is 5.19. The lowest BCUT2D eigenvalue weighted by molar-refractivity contribution is -0.384. The fourth-order valence-electron chi connectivity index (χ4n) is 1.66. The Bertz CT molecular complexity index is 610. The van der Waals surface area contributed by atoms with Gasteiger partial charge in [0.1, 0.15) is 5.69 Å². The van der Waals surface area contributed by atoms with Crippen LogP contribution in [0.5, 0.6) is 0 Å². The minimum atomic E-state index is -0.461. The van der Waals surface area contributed by atoms with Gasteiger partial charge in [-0.05, 0) is 18.6 Å². The molecule has 1 aromatic heterocycles. The first kappa shape index (κ1) is 12.5. The number of nitrogens with zero attached hydrogens (tertiary/aromatic N) is 4. The largest absolute Gasteiger partial charge is 0.381 e. The second-order valence-electron chi connectivity index (χ2n) is 3.58. The zero-order valence-electron chi connectivity index (χ0n) is 9.50. The number of hydrogen-bond donors (Lipinski definition) is 1. The van der Waals surface area contributed by atoms with Crippen LogP contribution in [0.4, 0.5) is 11.5 Å². The van der Waals surface area contributed by atoms with Crippen LogP contribution in [0.1, 0.15) is 12.6 Å². The molecule has 0 unspecified atom stereocenters. The lowest BCUT2D eigenvalue weighted by atomic mass is 10.2. The van der Waals surface area contributed by atoms with E-state index in [2.05, 4.69) is 26.2 Å². The molecule has 0 amide bonds. The molecule has 1 aromatic carbocycles. The first-order chi connectivity index (χ1) is 8.54. The summed E-state index contributed by atoms with van der Waals surface area (Å²) in [5, 5.41) is 18.6. The number of benzene rings is 1. The molecule has 0 atom stereocenters. The summed E-state index contributed by atoms with van der Waals surface area (Å²) in [5.41, 5.74) is 6.62. The minimum Gasteiger partial charge on any atom is -0.381 e. The smallest absolute Gasteiger partial charge is 0.296 e. The summed E-state index contributed by atoms with van der Waals surface area (Å²) in [6, 6.07) is 4.74. The van der Waals surface area contributed by atoms with Gasteiger partial charge in [0.05, 0.1) is 10.6 Å². The molecule has 8 heteroatoms. The second-order valence-corrected chi connectivity index (χ2v) is 4.49.